The van der Waals surface area contributed by atoms with Gasteiger partial charge in [0.1, 0.15) is 5.75 Å². The number of ether oxygens (including phenoxy) is 1. The van der Waals surface area contributed by atoms with Crippen molar-refractivity contribution < 1.29 is 14.3 Å². The van der Waals surface area contributed by atoms with Crippen molar-refractivity contribution >= 4 is 11.8 Å². The van der Waals surface area contributed by atoms with Crippen LogP contribution in [0.1, 0.15) is 67.8 Å². The molecule has 4 rings (SSSR count). The number of aryl methyl sites for hydroxylation is 1. The summed E-state index contributed by atoms with van der Waals surface area (Å²) in [6.07, 6.45) is 3.52. The lowest BCUT2D eigenvalue weighted by atomic mass is 9.87. The smallest absolute Gasteiger partial charge is 0.261 e. The van der Waals surface area contributed by atoms with Crippen LogP contribution in [0.5, 0.6) is 5.75 Å². The van der Waals surface area contributed by atoms with Gasteiger partial charge in [-0.3, -0.25) is 9.59 Å². The summed E-state index contributed by atoms with van der Waals surface area (Å²) in [5.74, 6) is 0.790. The number of fused-ring (bicyclic) bond motifs is 1. The number of nitrogens with zero attached hydrogens (tertiary/aromatic N) is 1. The van der Waals surface area contributed by atoms with Gasteiger partial charge in [-0.25, -0.2) is 0 Å². The van der Waals surface area contributed by atoms with E-state index in [1.165, 1.54) is 11.1 Å². The van der Waals surface area contributed by atoms with Crippen molar-refractivity contribution in [1.29, 1.82) is 0 Å². The van der Waals surface area contributed by atoms with Gasteiger partial charge in [0, 0.05) is 19.0 Å². The second-order valence-electron chi connectivity index (χ2n) is 8.66. The molecule has 1 aliphatic carbocycles. The third kappa shape index (κ3) is 4.76. The Labute approximate surface area is 184 Å². The largest absolute Gasteiger partial charge is 0.481 e. The molecule has 1 fully saturated rings. The Kier molecular flexibility index (Phi) is 6.30. The van der Waals surface area contributed by atoms with Crippen LogP contribution in [0.25, 0.3) is 0 Å². The van der Waals surface area contributed by atoms with E-state index in [2.05, 4.69) is 42.6 Å². The second kappa shape index (κ2) is 9.13. The van der Waals surface area contributed by atoms with Crippen molar-refractivity contribution in [3.63, 3.8) is 0 Å². The third-order valence-corrected chi connectivity index (χ3v) is 6.23. The Morgan fingerprint density at radius 2 is 1.87 bits per heavy atom. The highest BCUT2D eigenvalue weighted by atomic mass is 16.5. The Morgan fingerprint density at radius 3 is 2.52 bits per heavy atom. The van der Waals surface area contributed by atoms with Crippen molar-refractivity contribution in [3.05, 3.63) is 64.7 Å². The zero-order valence-electron chi connectivity index (χ0n) is 18.7. The molecule has 1 saturated carbocycles. The molecule has 0 radical (unpaired) electrons. The number of carbonyl (C=O) groups is 2. The van der Waals surface area contributed by atoms with Crippen molar-refractivity contribution in [3.8, 4) is 5.75 Å². The first kappa shape index (κ1) is 21.4. The molecule has 2 aliphatic rings. The number of hydrogen-bond donors (Lipinski definition) is 1. The molecule has 5 nitrogen and oxygen atoms in total. The van der Waals surface area contributed by atoms with E-state index >= 15 is 0 Å². The molecule has 31 heavy (non-hydrogen) atoms. The van der Waals surface area contributed by atoms with Gasteiger partial charge < -0.3 is 15.0 Å². The summed E-state index contributed by atoms with van der Waals surface area (Å²) in [6.45, 7) is 6.65. The van der Waals surface area contributed by atoms with Crippen LogP contribution in [-0.2, 0) is 16.0 Å². The molecule has 1 heterocycles. The first-order chi connectivity index (χ1) is 15.0. The number of rotatable bonds is 7. The minimum absolute atomic E-state index is 0.0411. The average Bonchev–Trinajstić information content (AvgIpc) is 3.60. The molecule has 0 spiro atoms. The lowest BCUT2D eigenvalue weighted by Gasteiger charge is -2.38. The van der Waals surface area contributed by atoms with Gasteiger partial charge in [-0.1, -0.05) is 49.7 Å². The van der Waals surface area contributed by atoms with Gasteiger partial charge in [0.05, 0.1) is 6.04 Å². The molecule has 2 aromatic rings. The number of carbonyl (C=O) groups excluding carboxylic acids is 2. The molecule has 1 N–H and O–H groups in total. The van der Waals surface area contributed by atoms with Gasteiger partial charge in [-0.05, 0) is 61.4 Å². The monoisotopic (exact) mass is 420 g/mol. The fraction of sp³-hybridized carbons (Fsp3) is 0.462. The predicted octanol–water partition coefficient (Wildman–Crippen LogP) is 4.32. The van der Waals surface area contributed by atoms with E-state index in [4.69, 9.17) is 4.74 Å². The van der Waals surface area contributed by atoms with E-state index in [-0.39, 0.29) is 17.9 Å². The van der Waals surface area contributed by atoms with E-state index < -0.39 is 6.10 Å². The first-order valence-electron chi connectivity index (χ1n) is 11.5. The van der Waals surface area contributed by atoms with Crippen molar-refractivity contribution in [2.24, 2.45) is 0 Å². The maximum absolute atomic E-state index is 12.8. The minimum atomic E-state index is -0.506. The first-order valence-corrected chi connectivity index (χ1v) is 11.5. The normalized spacial score (nSPS) is 18.8. The number of nitrogens with one attached hydrogen (secondary N) is 1. The van der Waals surface area contributed by atoms with Crippen LogP contribution in [0.15, 0.2) is 42.5 Å². The molecule has 0 aromatic heterocycles. The zero-order chi connectivity index (χ0) is 22.0. The number of amides is 2. The fourth-order valence-corrected chi connectivity index (χ4v) is 4.25. The molecule has 2 aromatic carbocycles. The van der Waals surface area contributed by atoms with Crippen LogP contribution >= 0.6 is 0 Å². The van der Waals surface area contributed by atoms with E-state index in [0.717, 1.165) is 30.4 Å². The van der Waals surface area contributed by atoms with Crippen LogP contribution in [-0.4, -0.2) is 35.4 Å². The Bertz CT molecular complexity index is 950. The van der Waals surface area contributed by atoms with Gasteiger partial charge in [0.2, 0.25) is 5.91 Å². The third-order valence-electron chi connectivity index (χ3n) is 6.23. The number of hydrogen-bond acceptors (Lipinski definition) is 3. The van der Waals surface area contributed by atoms with Gasteiger partial charge in [-0.2, -0.15) is 0 Å². The summed E-state index contributed by atoms with van der Waals surface area (Å²) in [4.78, 5) is 27.3. The van der Waals surface area contributed by atoms with Crippen molar-refractivity contribution in [1.82, 2.24) is 10.2 Å². The summed E-state index contributed by atoms with van der Waals surface area (Å²) >= 11 is 0. The minimum Gasteiger partial charge on any atom is -0.481 e. The second-order valence-corrected chi connectivity index (χ2v) is 8.66. The molecule has 0 bridgehead atoms. The van der Waals surface area contributed by atoms with E-state index in [1.54, 1.807) is 0 Å². The quantitative estimate of drug-likeness (QED) is 0.726. The average molecular weight is 421 g/mol. The van der Waals surface area contributed by atoms with Crippen LogP contribution < -0.4 is 10.1 Å². The summed E-state index contributed by atoms with van der Waals surface area (Å²) in [5.41, 5.74) is 4.61. The molecular weight excluding hydrogens is 388 g/mol. The molecule has 5 heteroatoms. The molecule has 1 aliphatic heterocycles. The Hall–Kier alpha value is -2.82. The maximum Gasteiger partial charge on any atom is 0.261 e. The van der Waals surface area contributed by atoms with Crippen LogP contribution in [0.4, 0.5) is 0 Å². The summed E-state index contributed by atoms with van der Waals surface area (Å²) in [5, 5.41) is 3.04. The zero-order valence-corrected chi connectivity index (χ0v) is 18.7. The lowest BCUT2D eigenvalue weighted by Crippen LogP contribution is -2.40. The topological polar surface area (TPSA) is 58.6 Å². The van der Waals surface area contributed by atoms with Crippen LogP contribution in [0.3, 0.4) is 0 Å². The Morgan fingerprint density at radius 1 is 1.13 bits per heavy atom. The molecular formula is C26H32N2O3. The van der Waals surface area contributed by atoms with Crippen LogP contribution in [0.2, 0.25) is 0 Å². The summed E-state index contributed by atoms with van der Waals surface area (Å²) in [6, 6.07) is 14.6. The van der Waals surface area contributed by atoms with E-state index in [0.29, 0.717) is 31.2 Å². The number of benzene rings is 2. The molecule has 2 atom stereocenters. The van der Waals surface area contributed by atoms with Gasteiger partial charge >= 0.3 is 0 Å². The highest BCUT2D eigenvalue weighted by Crippen LogP contribution is 2.38. The summed E-state index contributed by atoms with van der Waals surface area (Å²) in [7, 11) is 0. The predicted molar refractivity (Wildman–Crippen MR) is 121 cm³/mol. The van der Waals surface area contributed by atoms with Crippen molar-refractivity contribution in [2.45, 2.75) is 71.1 Å². The highest BCUT2D eigenvalue weighted by Gasteiger charge is 2.32. The molecule has 2 amide bonds. The summed E-state index contributed by atoms with van der Waals surface area (Å²) < 4.78 is 6.13. The fourth-order valence-electron chi connectivity index (χ4n) is 4.25. The Balaban J connectivity index is 1.65. The van der Waals surface area contributed by atoms with E-state index in [1.807, 2.05) is 30.9 Å². The highest BCUT2D eigenvalue weighted by molar-refractivity contribution is 5.81. The lowest BCUT2D eigenvalue weighted by molar-refractivity contribution is -0.133. The van der Waals surface area contributed by atoms with Gasteiger partial charge in [0.25, 0.3) is 5.91 Å². The molecule has 164 valence electrons. The van der Waals surface area contributed by atoms with Crippen molar-refractivity contribution in [2.75, 3.05) is 6.54 Å². The van der Waals surface area contributed by atoms with Gasteiger partial charge in [-0.15, -0.1) is 0 Å². The molecule has 0 saturated heterocycles. The molecule has 2 unspecified atom stereocenters. The maximum atomic E-state index is 12.8. The van der Waals surface area contributed by atoms with Crippen LogP contribution in [0, 0.1) is 6.92 Å². The standard InChI is InChI=1S/C26H32N2O3/c1-4-23(26(30)27-20-11-12-20)31-21-13-10-18-14-15-28(24(29)5-2)25(22(18)16-21)19-8-6-17(3)7-9-19/h6-10,13,16,20,23,25H,4-5,11-12,14-15H2,1-3H3,(H,27,30). The van der Waals surface area contributed by atoms with Gasteiger partial charge in [0.15, 0.2) is 6.10 Å². The SMILES string of the molecule is CCC(=O)N1CCc2ccc(OC(CC)C(=O)NC3CC3)cc2C1c1ccc(C)cc1. The van der Waals surface area contributed by atoms with E-state index in [9.17, 15) is 9.59 Å².